The third-order valence-electron chi connectivity index (χ3n) is 4.04. The van der Waals surface area contributed by atoms with E-state index in [4.69, 9.17) is 5.11 Å². The van der Waals surface area contributed by atoms with Gasteiger partial charge in [0.15, 0.2) is 0 Å². The lowest BCUT2D eigenvalue weighted by Gasteiger charge is -2.29. The lowest BCUT2D eigenvalue weighted by Crippen LogP contribution is -2.41. The highest BCUT2D eigenvalue weighted by atomic mass is 16.4. The molecule has 1 aliphatic rings. The van der Waals surface area contributed by atoms with E-state index in [2.05, 4.69) is 6.92 Å². The quantitative estimate of drug-likeness (QED) is 0.723. The van der Waals surface area contributed by atoms with Crippen molar-refractivity contribution in [2.45, 2.75) is 65.3 Å². The van der Waals surface area contributed by atoms with Crippen LogP contribution in [0.25, 0.3) is 0 Å². The van der Waals surface area contributed by atoms with Crippen LogP contribution in [0.15, 0.2) is 0 Å². The van der Waals surface area contributed by atoms with Crippen molar-refractivity contribution in [2.75, 3.05) is 6.54 Å². The predicted octanol–water partition coefficient (Wildman–Crippen LogP) is 2.91. The number of amides is 1. The lowest BCUT2D eigenvalue weighted by molar-refractivity contribution is -0.142. The molecule has 0 aromatic carbocycles. The zero-order valence-electron chi connectivity index (χ0n) is 12.4. The molecule has 19 heavy (non-hydrogen) atoms. The molecule has 0 heterocycles. The molecule has 2 atom stereocenters. The molecule has 0 aromatic heterocycles. The van der Waals surface area contributed by atoms with E-state index >= 15 is 0 Å². The van der Waals surface area contributed by atoms with Gasteiger partial charge < -0.3 is 10.0 Å². The zero-order valence-corrected chi connectivity index (χ0v) is 12.4. The molecule has 4 nitrogen and oxygen atoms in total. The van der Waals surface area contributed by atoms with E-state index in [1.165, 1.54) is 0 Å². The van der Waals surface area contributed by atoms with Gasteiger partial charge in [-0.3, -0.25) is 9.59 Å². The maximum Gasteiger partial charge on any atom is 0.306 e. The Hall–Kier alpha value is -1.06. The van der Waals surface area contributed by atoms with Crippen LogP contribution in [0.2, 0.25) is 0 Å². The topological polar surface area (TPSA) is 57.6 Å². The van der Waals surface area contributed by atoms with E-state index in [0.717, 1.165) is 32.2 Å². The Kier molecular flexibility index (Phi) is 6.32. The van der Waals surface area contributed by atoms with E-state index < -0.39 is 5.97 Å². The van der Waals surface area contributed by atoms with Crippen molar-refractivity contribution in [3.05, 3.63) is 0 Å². The van der Waals surface area contributed by atoms with E-state index in [1.54, 1.807) is 0 Å². The van der Waals surface area contributed by atoms with Crippen molar-refractivity contribution in [3.8, 4) is 0 Å². The molecule has 1 N–H and O–H groups in total. The van der Waals surface area contributed by atoms with Crippen LogP contribution in [-0.4, -0.2) is 34.5 Å². The summed E-state index contributed by atoms with van der Waals surface area (Å²) in [5.41, 5.74) is 0. The number of unbranched alkanes of at least 4 members (excludes halogenated alkanes) is 2. The number of carboxylic acid groups (broad SMARTS) is 1. The van der Waals surface area contributed by atoms with Crippen molar-refractivity contribution < 1.29 is 14.7 Å². The van der Waals surface area contributed by atoms with E-state index in [1.807, 2.05) is 18.7 Å². The van der Waals surface area contributed by atoms with Gasteiger partial charge in [-0.05, 0) is 39.5 Å². The van der Waals surface area contributed by atoms with Crippen molar-refractivity contribution >= 4 is 11.9 Å². The molecule has 0 saturated heterocycles. The minimum absolute atomic E-state index is 0.0786. The molecule has 1 amide bonds. The maximum atomic E-state index is 12.5. The lowest BCUT2D eigenvalue weighted by atomic mass is 10.0. The average Bonchev–Trinajstić information content (AvgIpc) is 2.83. The smallest absolute Gasteiger partial charge is 0.306 e. The van der Waals surface area contributed by atoms with E-state index in [0.29, 0.717) is 12.8 Å². The summed E-state index contributed by atoms with van der Waals surface area (Å²) in [6, 6.07) is 0.202. The fourth-order valence-corrected chi connectivity index (χ4v) is 2.82. The second kappa shape index (κ2) is 7.51. The number of aliphatic carboxylic acids is 1. The van der Waals surface area contributed by atoms with Crippen molar-refractivity contribution in [3.63, 3.8) is 0 Å². The molecule has 1 aliphatic carbocycles. The second-order valence-electron chi connectivity index (χ2n) is 5.88. The monoisotopic (exact) mass is 269 g/mol. The summed E-state index contributed by atoms with van der Waals surface area (Å²) < 4.78 is 0. The molecule has 0 spiro atoms. The van der Waals surface area contributed by atoms with Gasteiger partial charge in [0.1, 0.15) is 0 Å². The first kappa shape index (κ1) is 16.0. The van der Waals surface area contributed by atoms with Gasteiger partial charge in [0.25, 0.3) is 0 Å². The second-order valence-corrected chi connectivity index (χ2v) is 5.88. The summed E-state index contributed by atoms with van der Waals surface area (Å²) in [7, 11) is 0. The van der Waals surface area contributed by atoms with Gasteiger partial charge in [0, 0.05) is 18.5 Å². The number of carbonyl (C=O) groups is 2. The van der Waals surface area contributed by atoms with Crippen LogP contribution in [0, 0.1) is 11.8 Å². The number of nitrogens with zero attached hydrogens (tertiary/aromatic N) is 1. The van der Waals surface area contributed by atoms with Gasteiger partial charge in [-0.15, -0.1) is 0 Å². The number of rotatable bonds is 7. The van der Waals surface area contributed by atoms with Crippen LogP contribution >= 0.6 is 0 Å². The Balaban J connectivity index is 2.55. The molecule has 1 fully saturated rings. The first-order valence-electron chi connectivity index (χ1n) is 7.50. The number of carbonyl (C=O) groups excluding carboxylic acids is 1. The van der Waals surface area contributed by atoms with Gasteiger partial charge in [0.2, 0.25) is 5.91 Å². The van der Waals surface area contributed by atoms with E-state index in [-0.39, 0.29) is 23.8 Å². The van der Waals surface area contributed by atoms with Gasteiger partial charge in [-0.25, -0.2) is 0 Å². The third kappa shape index (κ3) is 4.51. The first-order chi connectivity index (χ1) is 8.97. The number of hydrogen-bond acceptors (Lipinski definition) is 2. The van der Waals surface area contributed by atoms with Crippen molar-refractivity contribution in [1.29, 1.82) is 0 Å². The summed E-state index contributed by atoms with van der Waals surface area (Å²) in [5, 5.41) is 9.01. The van der Waals surface area contributed by atoms with Crippen LogP contribution < -0.4 is 0 Å². The van der Waals surface area contributed by atoms with Crippen LogP contribution in [0.3, 0.4) is 0 Å². The normalized spacial score (nSPS) is 22.7. The minimum atomic E-state index is -0.752. The minimum Gasteiger partial charge on any atom is -0.481 e. The third-order valence-corrected chi connectivity index (χ3v) is 4.04. The molecular formula is C15H27NO3. The summed E-state index contributed by atoms with van der Waals surface area (Å²) in [4.78, 5) is 25.4. The Labute approximate surface area is 116 Å². The molecule has 1 saturated carbocycles. The van der Waals surface area contributed by atoms with Crippen molar-refractivity contribution in [2.24, 2.45) is 11.8 Å². The largest absolute Gasteiger partial charge is 0.481 e. The van der Waals surface area contributed by atoms with Gasteiger partial charge in [-0.1, -0.05) is 19.8 Å². The molecule has 4 heteroatoms. The molecule has 1 rings (SSSR count). The molecule has 0 aliphatic heterocycles. The molecule has 2 unspecified atom stereocenters. The molecule has 0 aromatic rings. The van der Waals surface area contributed by atoms with Gasteiger partial charge >= 0.3 is 5.97 Å². The highest BCUT2D eigenvalue weighted by Crippen LogP contribution is 2.32. The first-order valence-corrected chi connectivity index (χ1v) is 7.50. The molecule has 0 radical (unpaired) electrons. The zero-order chi connectivity index (χ0) is 14.4. The predicted molar refractivity (Wildman–Crippen MR) is 74.8 cm³/mol. The summed E-state index contributed by atoms with van der Waals surface area (Å²) in [6.45, 7) is 7.02. The Morgan fingerprint density at radius 3 is 2.32 bits per heavy atom. The molecule has 110 valence electrons. The Bertz CT molecular complexity index is 315. The molecular weight excluding hydrogens is 242 g/mol. The van der Waals surface area contributed by atoms with E-state index in [9.17, 15) is 9.59 Å². The Morgan fingerprint density at radius 1 is 1.21 bits per heavy atom. The fraction of sp³-hybridized carbons (Fsp3) is 0.867. The highest BCUT2D eigenvalue weighted by Gasteiger charge is 2.36. The maximum absolute atomic E-state index is 12.5. The standard InChI is InChI=1S/C15H27NO3/c1-4-5-6-9-16(11(2)3)14(17)12-7-8-13(10-12)15(18)19/h11-13H,4-10H2,1-3H3,(H,18,19). The summed E-state index contributed by atoms with van der Waals surface area (Å²) >= 11 is 0. The SMILES string of the molecule is CCCCCN(C(=O)C1CCC(C(=O)O)C1)C(C)C. The van der Waals surface area contributed by atoms with Crippen molar-refractivity contribution in [1.82, 2.24) is 4.90 Å². The average molecular weight is 269 g/mol. The fourth-order valence-electron chi connectivity index (χ4n) is 2.82. The van der Waals surface area contributed by atoms with Gasteiger partial charge in [-0.2, -0.15) is 0 Å². The Morgan fingerprint density at radius 2 is 1.84 bits per heavy atom. The number of hydrogen-bond donors (Lipinski definition) is 1. The van der Waals surface area contributed by atoms with Crippen LogP contribution in [0.4, 0.5) is 0 Å². The van der Waals surface area contributed by atoms with Crippen LogP contribution in [0.5, 0.6) is 0 Å². The molecule has 0 bridgehead atoms. The van der Waals surface area contributed by atoms with Crippen LogP contribution in [0.1, 0.15) is 59.3 Å². The summed E-state index contributed by atoms with van der Waals surface area (Å²) in [5.74, 6) is -0.990. The van der Waals surface area contributed by atoms with Gasteiger partial charge in [0.05, 0.1) is 5.92 Å². The number of carboxylic acids is 1. The van der Waals surface area contributed by atoms with Crippen LogP contribution in [-0.2, 0) is 9.59 Å². The summed E-state index contributed by atoms with van der Waals surface area (Å²) in [6.07, 6.45) is 5.21. The highest BCUT2D eigenvalue weighted by molar-refractivity contribution is 5.81.